The topological polar surface area (TPSA) is 58.1 Å². The second-order valence-corrected chi connectivity index (χ2v) is 6.81. The predicted octanol–water partition coefficient (Wildman–Crippen LogP) is 3.76. The lowest BCUT2D eigenvalue weighted by Crippen LogP contribution is -2.31. The Morgan fingerprint density at radius 2 is 2.00 bits per heavy atom. The summed E-state index contributed by atoms with van der Waals surface area (Å²) < 4.78 is 0. The number of halogens is 1. The number of hydrogen-bond acceptors (Lipinski definition) is 4. The number of nitrogens with one attached hydrogen (secondary N) is 1. The summed E-state index contributed by atoms with van der Waals surface area (Å²) in [6.45, 7) is 4.32. The van der Waals surface area contributed by atoms with Crippen molar-refractivity contribution in [2.45, 2.75) is 32.7 Å². The van der Waals surface area contributed by atoms with Gasteiger partial charge in [0.05, 0.1) is 6.54 Å². The quantitative estimate of drug-likeness (QED) is 0.814. The van der Waals surface area contributed by atoms with E-state index in [0.29, 0.717) is 17.4 Å². The van der Waals surface area contributed by atoms with Gasteiger partial charge in [-0.2, -0.15) is 0 Å². The van der Waals surface area contributed by atoms with Gasteiger partial charge in [-0.05, 0) is 43.9 Å². The number of aryl methyl sites for hydroxylation is 1. The van der Waals surface area contributed by atoms with Crippen molar-refractivity contribution in [2.75, 3.05) is 18.0 Å². The average molecular weight is 371 g/mol. The second kappa shape index (κ2) is 8.81. The van der Waals surface area contributed by atoms with Crippen LogP contribution in [-0.2, 0) is 11.3 Å². The number of nitrogens with zero attached hydrogens (tertiary/aromatic N) is 3. The first-order chi connectivity index (χ1) is 12.6. The summed E-state index contributed by atoms with van der Waals surface area (Å²) in [7, 11) is 0. The van der Waals surface area contributed by atoms with E-state index in [2.05, 4.69) is 20.2 Å². The Labute approximate surface area is 159 Å². The van der Waals surface area contributed by atoms with E-state index in [-0.39, 0.29) is 5.91 Å². The van der Waals surface area contributed by atoms with E-state index in [1.165, 1.54) is 25.3 Å². The Hall–Kier alpha value is -2.40. The van der Waals surface area contributed by atoms with E-state index in [9.17, 15) is 4.79 Å². The van der Waals surface area contributed by atoms with Gasteiger partial charge < -0.3 is 10.2 Å². The van der Waals surface area contributed by atoms with E-state index < -0.39 is 0 Å². The van der Waals surface area contributed by atoms with Crippen molar-refractivity contribution in [3.63, 3.8) is 0 Å². The maximum atomic E-state index is 12.1. The number of carbonyl (C=O) groups is 1. The average Bonchev–Trinajstić information content (AvgIpc) is 2.66. The fourth-order valence-corrected chi connectivity index (χ4v) is 3.18. The lowest BCUT2D eigenvalue weighted by atomic mass is 10.1. The minimum absolute atomic E-state index is 0.199. The molecule has 0 saturated carbocycles. The third-order valence-electron chi connectivity index (χ3n) is 4.31. The number of benzene rings is 1. The van der Waals surface area contributed by atoms with Crippen molar-refractivity contribution in [3.8, 4) is 0 Å². The second-order valence-electron chi connectivity index (χ2n) is 6.40. The lowest BCUT2D eigenvalue weighted by Gasteiger charge is -2.28. The van der Waals surface area contributed by atoms with Crippen molar-refractivity contribution in [2.24, 2.45) is 0 Å². The number of anilines is 1. The molecule has 0 aliphatic carbocycles. The van der Waals surface area contributed by atoms with Crippen LogP contribution < -0.4 is 10.2 Å². The molecule has 136 valence electrons. The third kappa shape index (κ3) is 5.05. The van der Waals surface area contributed by atoms with Crippen LogP contribution in [0.1, 0.15) is 36.3 Å². The van der Waals surface area contributed by atoms with Gasteiger partial charge in [0.25, 0.3) is 0 Å². The van der Waals surface area contributed by atoms with E-state index in [1.54, 1.807) is 12.1 Å². The smallest absolute Gasteiger partial charge is 0.244 e. The number of aromatic nitrogens is 2. The summed E-state index contributed by atoms with van der Waals surface area (Å²) >= 11 is 6.08. The van der Waals surface area contributed by atoms with Gasteiger partial charge in [-0.15, -0.1) is 0 Å². The number of rotatable bonds is 5. The van der Waals surface area contributed by atoms with Gasteiger partial charge >= 0.3 is 0 Å². The standard InChI is InChI=1S/C20H23ClN4O/c1-15-13-19(25-11-5-2-6-12-25)24-18(23-15)14-22-20(26)10-9-16-7-3-4-8-17(16)21/h3-4,7-10,13H,2,5-6,11-12,14H2,1H3,(H,22,26)/b10-9+. The third-order valence-corrected chi connectivity index (χ3v) is 4.65. The highest BCUT2D eigenvalue weighted by molar-refractivity contribution is 6.32. The number of amides is 1. The Morgan fingerprint density at radius 3 is 2.77 bits per heavy atom. The minimum atomic E-state index is -0.199. The summed E-state index contributed by atoms with van der Waals surface area (Å²) in [5.41, 5.74) is 1.72. The highest BCUT2D eigenvalue weighted by Gasteiger charge is 2.14. The van der Waals surface area contributed by atoms with Crippen LogP contribution in [0.4, 0.5) is 5.82 Å². The molecule has 1 saturated heterocycles. The molecule has 1 fully saturated rings. The largest absolute Gasteiger partial charge is 0.357 e. The molecule has 1 aliphatic rings. The molecule has 1 aromatic heterocycles. The summed E-state index contributed by atoms with van der Waals surface area (Å²) in [5.74, 6) is 1.38. The fourth-order valence-electron chi connectivity index (χ4n) is 2.98. The van der Waals surface area contributed by atoms with Gasteiger partial charge in [0.2, 0.25) is 5.91 Å². The maximum absolute atomic E-state index is 12.1. The molecule has 6 heteroatoms. The fraction of sp³-hybridized carbons (Fsp3) is 0.350. The van der Waals surface area contributed by atoms with Crippen LogP contribution in [0.25, 0.3) is 6.08 Å². The van der Waals surface area contributed by atoms with Gasteiger partial charge in [-0.1, -0.05) is 29.8 Å². The molecular formula is C20H23ClN4O. The Kier molecular flexibility index (Phi) is 6.23. The number of carbonyl (C=O) groups excluding carboxylic acids is 1. The lowest BCUT2D eigenvalue weighted by molar-refractivity contribution is -0.116. The maximum Gasteiger partial charge on any atom is 0.244 e. The molecule has 1 aromatic carbocycles. The van der Waals surface area contributed by atoms with Crippen LogP contribution in [0, 0.1) is 6.92 Å². The van der Waals surface area contributed by atoms with Crippen LogP contribution in [0.3, 0.4) is 0 Å². The SMILES string of the molecule is Cc1cc(N2CCCCC2)nc(CNC(=O)/C=C/c2ccccc2Cl)n1. The molecule has 0 radical (unpaired) electrons. The zero-order valence-corrected chi connectivity index (χ0v) is 15.7. The summed E-state index contributed by atoms with van der Waals surface area (Å²) in [5, 5.41) is 3.45. The zero-order chi connectivity index (χ0) is 18.4. The van der Waals surface area contributed by atoms with Crippen molar-refractivity contribution in [1.29, 1.82) is 0 Å². The molecule has 0 bridgehead atoms. The Balaban J connectivity index is 1.61. The molecule has 0 spiro atoms. The molecular weight excluding hydrogens is 348 g/mol. The molecule has 0 atom stereocenters. The summed E-state index contributed by atoms with van der Waals surface area (Å²) in [6.07, 6.45) is 6.85. The van der Waals surface area contributed by atoms with Crippen LogP contribution >= 0.6 is 11.6 Å². The Bertz CT molecular complexity index is 800. The van der Waals surface area contributed by atoms with Gasteiger partial charge in [0, 0.05) is 35.9 Å². The molecule has 5 nitrogen and oxygen atoms in total. The monoisotopic (exact) mass is 370 g/mol. The van der Waals surface area contributed by atoms with E-state index in [4.69, 9.17) is 11.6 Å². The molecule has 0 unspecified atom stereocenters. The van der Waals surface area contributed by atoms with Gasteiger partial charge in [-0.25, -0.2) is 9.97 Å². The Morgan fingerprint density at radius 1 is 1.23 bits per heavy atom. The molecule has 2 heterocycles. The molecule has 3 rings (SSSR count). The van der Waals surface area contributed by atoms with Crippen LogP contribution in [0.5, 0.6) is 0 Å². The van der Waals surface area contributed by atoms with E-state index in [1.807, 2.05) is 31.2 Å². The summed E-state index contributed by atoms with van der Waals surface area (Å²) in [6, 6.07) is 9.40. The van der Waals surface area contributed by atoms with E-state index >= 15 is 0 Å². The van der Waals surface area contributed by atoms with Crippen molar-refractivity contribution < 1.29 is 4.79 Å². The molecule has 1 aliphatic heterocycles. The highest BCUT2D eigenvalue weighted by atomic mass is 35.5. The van der Waals surface area contributed by atoms with Crippen molar-refractivity contribution in [3.05, 3.63) is 58.5 Å². The van der Waals surface area contributed by atoms with Crippen LogP contribution in [-0.4, -0.2) is 29.0 Å². The molecule has 26 heavy (non-hydrogen) atoms. The molecule has 1 N–H and O–H groups in total. The van der Waals surface area contributed by atoms with Crippen LogP contribution in [0.2, 0.25) is 5.02 Å². The number of hydrogen-bond donors (Lipinski definition) is 1. The minimum Gasteiger partial charge on any atom is -0.357 e. The normalized spacial score (nSPS) is 14.6. The van der Waals surface area contributed by atoms with E-state index in [0.717, 1.165) is 30.2 Å². The molecule has 2 aromatic rings. The van der Waals surface area contributed by atoms with Gasteiger partial charge in [-0.3, -0.25) is 4.79 Å². The van der Waals surface area contributed by atoms with Gasteiger partial charge in [0.15, 0.2) is 0 Å². The zero-order valence-electron chi connectivity index (χ0n) is 14.9. The number of piperidine rings is 1. The first-order valence-corrected chi connectivity index (χ1v) is 9.29. The summed E-state index contributed by atoms with van der Waals surface area (Å²) in [4.78, 5) is 23.4. The molecule has 1 amide bonds. The first kappa shape index (κ1) is 18.4. The van der Waals surface area contributed by atoms with Crippen LogP contribution in [0.15, 0.2) is 36.4 Å². The first-order valence-electron chi connectivity index (χ1n) is 8.92. The van der Waals surface area contributed by atoms with Crippen molar-refractivity contribution >= 4 is 29.4 Å². The highest BCUT2D eigenvalue weighted by Crippen LogP contribution is 2.18. The van der Waals surface area contributed by atoms with Gasteiger partial charge in [0.1, 0.15) is 11.6 Å². The predicted molar refractivity (Wildman–Crippen MR) is 105 cm³/mol. The van der Waals surface area contributed by atoms with Crippen molar-refractivity contribution in [1.82, 2.24) is 15.3 Å².